The standard InChI is InChI=1S/C17H30N4O5S/c1-10(2)14(21-16(25)11-5-4-7-18-11)17(26)20-12(6-8-27-3)15(24)19-9-13(22)23/h10-12,14,18H,4-9H2,1-3H3,(H,19,24)(H,20,26)(H,21,25)(H,22,23). The maximum absolute atomic E-state index is 12.7. The molecule has 0 spiro atoms. The van der Waals surface area contributed by atoms with Crippen LogP contribution in [0.4, 0.5) is 0 Å². The summed E-state index contributed by atoms with van der Waals surface area (Å²) in [6.07, 6.45) is 3.88. The van der Waals surface area contributed by atoms with Crippen LogP contribution in [-0.2, 0) is 19.2 Å². The molecule has 0 aliphatic carbocycles. The van der Waals surface area contributed by atoms with E-state index in [1.807, 2.05) is 20.1 Å². The first-order valence-electron chi connectivity index (χ1n) is 9.08. The topological polar surface area (TPSA) is 137 Å². The predicted octanol–water partition coefficient (Wildman–Crippen LogP) is -0.682. The summed E-state index contributed by atoms with van der Waals surface area (Å²) in [6, 6.07) is -1.93. The van der Waals surface area contributed by atoms with Crippen molar-refractivity contribution in [3.8, 4) is 0 Å². The summed E-state index contributed by atoms with van der Waals surface area (Å²) in [5.41, 5.74) is 0. The van der Waals surface area contributed by atoms with Gasteiger partial charge in [0, 0.05) is 0 Å². The van der Waals surface area contributed by atoms with Crippen molar-refractivity contribution in [3.05, 3.63) is 0 Å². The first kappa shape index (κ1) is 23.2. The third-order valence-electron chi connectivity index (χ3n) is 4.28. The third-order valence-corrected chi connectivity index (χ3v) is 4.93. The number of carboxylic acids is 1. The maximum atomic E-state index is 12.7. The highest BCUT2D eigenvalue weighted by Crippen LogP contribution is 2.09. The number of carbonyl (C=O) groups is 4. The van der Waals surface area contributed by atoms with Crippen LogP contribution in [0.1, 0.15) is 33.1 Å². The SMILES string of the molecule is CSCCC(NC(=O)C(NC(=O)C1CCCN1)C(C)C)C(=O)NCC(=O)O. The molecular formula is C17H30N4O5S. The summed E-state index contributed by atoms with van der Waals surface area (Å²) >= 11 is 1.52. The average Bonchev–Trinajstić information content (AvgIpc) is 3.15. The summed E-state index contributed by atoms with van der Waals surface area (Å²) in [6.45, 7) is 3.89. The highest BCUT2D eigenvalue weighted by molar-refractivity contribution is 7.98. The third kappa shape index (κ3) is 8.17. The fourth-order valence-electron chi connectivity index (χ4n) is 2.75. The van der Waals surface area contributed by atoms with Gasteiger partial charge in [-0.1, -0.05) is 13.8 Å². The minimum Gasteiger partial charge on any atom is -0.480 e. The van der Waals surface area contributed by atoms with Crippen molar-refractivity contribution in [2.45, 2.75) is 51.2 Å². The zero-order valence-electron chi connectivity index (χ0n) is 16.0. The molecule has 10 heteroatoms. The van der Waals surface area contributed by atoms with E-state index in [-0.39, 0.29) is 17.9 Å². The van der Waals surface area contributed by atoms with Crippen molar-refractivity contribution >= 4 is 35.5 Å². The van der Waals surface area contributed by atoms with Gasteiger partial charge in [0.15, 0.2) is 0 Å². The molecule has 1 aliphatic rings. The van der Waals surface area contributed by atoms with Crippen molar-refractivity contribution in [2.24, 2.45) is 5.92 Å². The molecule has 0 aromatic heterocycles. The molecule has 3 amide bonds. The van der Waals surface area contributed by atoms with Crippen molar-refractivity contribution in [1.29, 1.82) is 0 Å². The lowest BCUT2D eigenvalue weighted by Crippen LogP contribution is -2.57. The van der Waals surface area contributed by atoms with Crippen LogP contribution in [-0.4, -0.2) is 72.0 Å². The van der Waals surface area contributed by atoms with E-state index >= 15 is 0 Å². The Hall–Kier alpha value is -1.81. The number of nitrogens with one attached hydrogen (secondary N) is 4. The Morgan fingerprint density at radius 1 is 1.19 bits per heavy atom. The van der Waals surface area contributed by atoms with Crippen LogP contribution in [0, 0.1) is 5.92 Å². The molecule has 0 saturated carbocycles. The van der Waals surface area contributed by atoms with Gasteiger partial charge in [0.25, 0.3) is 0 Å². The van der Waals surface area contributed by atoms with E-state index in [0.29, 0.717) is 12.2 Å². The molecule has 1 rings (SSSR count). The molecule has 1 fully saturated rings. The summed E-state index contributed by atoms with van der Waals surface area (Å²) in [5, 5.41) is 19.5. The van der Waals surface area contributed by atoms with Gasteiger partial charge >= 0.3 is 5.97 Å². The second-order valence-electron chi connectivity index (χ2n) is 6.83. The minimum absolute atomic E-state index is 0.168. The molecule has 1 aliphatic heterocycles. The molecule has 9 nitrogen and oxygen atoms in total. The first-order chi connectivity index (χ1) is 12.8. The van der Waals surface area contributed by atoms with E-state index in [9.17, 15) is 19.2 Å². The van der Waals surface area contributed by atoms with E-state index in [1.54, 1.807) is 0 Å². The molecule has 3 atom stereocenters. The zero-order chi connectivity index (χ0) is 20.4. The summed E-state index contributed by atoms with van der Waals surface area (Å²) < 4.78 is 0. The van der Waals surface area contributed by atoms with E-state index in [2.05, 4.69) is 21.3 Å². The number of carbonyl (C=O) groups excluding carboxylic acids is 3. The summed E-state index contributed by atoms with van der Waals surface area (Å²) in [4.78, 5) is 47.9. The molecule has 0 aromatic carbocycles. The molecule has 0 radical (unpaired) electrons. The summed E-state index contributed by atoms with van der Waals surface area (Å²) in [7, 11) is 0. The quantitative estimate of drug-likeness (QED) is 0.309. The van der Waals surface area contributed by atoms with Crippen molar-refractivity contribution in [1.82, 2.24) is 21.3 Å². The number of aliphatic carboxylic acids is 1. The minimum atomic E-state index is -1.16. The van der Waals surface area contributed by atoms with E-state index in [1.165, 1.54) is 11.8 Å². The molecule has 154 valence electrons. The van der Waals surface area contributed by atoms with Crippen molar-refractivity contribution in [2.75, 3.05) is 25.1 Å². The highest BCUT2D eigenvalue weighted by atomic mass is 32.2. The number of carboxylic acid groups (broad SMARTS) is 1. The smallest absolute Gasteiger partial charge is 0.322 e. The Balaban J connectivity index is 2.73. The molecule has 1 heterocycles. The van der Waals surface area contributed by atoms with Crippen LogP contribution >= 0.6 is 11.8 Å². The van der Waals surface area contributed by atoms with Gasteiger partial charge < -0.3 is 26.4 Å². The highest BCUT2D eigenvalue weighted by Gasteiger charge is 2.31. The van der Waals surface area contributed by atoms with Gasteiger partial charge in [0.05, 0.1) is 6.04 Å². The fourth-order valence-corrected chi connectivity index (χ4v) is 3.22. The monoisotopic (exact) mass is 402 g/mol. The lowest BCUT2D eigenvalue weighted by atomic mass is 10.0. The Kier molecular flexibility index (Phi) is 10.2. The van der Waals surface area contributed by atoms with Gasteiger partial charge in [-0.05, 0) is 43.7 Å². The number of hydrogen-bond donors (Lipinski definition) is 5. The molecule has 3 unspecified atom stereocenters. The van der Waals surface area contributed by atoms with Gasteiger partial charge in [-0.15, -0.1) is 0 Å². The normalized spacial score (nSPS) is 18.6. The Labute approximate surface area is 163 Å². The Bertz CT molecular complexity index is 537. The lowest BCUT2D eigenvalue weighted by molar-refractivity contribution is -0.138. The second-order valence-corrected chi connectivity index (χ2v) is 7.82. The van der Waals surface area contributed by atoms with E-state index in [0.717, 1.165) is 19.4 Å². The Morgan fingerprint density at radius 2 is 1.89 bits per heavy atom. The van der Waals surface area contributed by atoms with Crippen LogP contribution < -0.4 is 21.3 Å². The second kappa shape index (κ2) is 11.8. The number of amides is 3. The van der Waals surface area contributed by atoms with Crippen LogP contribution in [0.5, 0.6) is 0 Å². The maximum Gasteiger partial charge on any atom is 0.322 e. The van der Waals surface area contributed by atoms with E-state index in [4.69, 9.17) is 5.11 Å². The molecule has 0 aromatic rings. The van der Waals surface area contributed by atoms with Crippen LogP contribution in [0.25, 0.3) is 0 Å². The average molecular weight is 403 g/mol. The van der Waals surface area contributed by atoms with Gasteiger partial charge in [-0.3, -0.25) is 19.2 Å². The van der Waals surface area contributed by atoms with Crippen molar-refractivity contribution in [3.63, 3.8) is 0 Å². The lowest BCUT2D eigenvalue weighted by Gasteiger charge is -2.26. The number of hydrogen-bond acceptors (Lipinski definition) is 6. The molecular weight excluding hydrogens is 372 g/mol. The molecule has 27 heavy (non-hydrogen) atoms. The van der Waals surface area contributed by atoms with Crippen LogP contribution in [0.2, 0.25) is 0 Å². The van der Waals surface area contributed by atoms with Gasteiger partial charge in [-0.25, -0.2) is 0 Å². The zero-order valence-corrected chi connectivity index (χ0v) is 16.9. The van der Waals surface area contributed by atoms with Crippen molar-refractivity contribution < 1.29 is 24.3 Å². The van der Waals surface area contributed by atoms with Gasteiger partial charge in [0.1, 0.15) is 18.6 Å². The fraction of sp³-hybridized carbons (Fsp3) is 0.765. The van der Waals surface area contributed by atoms with Gasteiger partial charge in [0.2, 0.25) is 17.7 Å². The molecule has 1 saturated heterocycles. The van der Waals surface area contributed by atoms with Crippen LogP contribution in [0.3, 0.4) is 0 Å². The number of rotatable bonds is 11. The van der Waals surface area contributed by atoms with Gasteiger partial charge in [-0.2, -0.15) is 11.8 Å². The van der Waals surface area contributed by atoms with E-state index < -0.39 is 36.4 Å². The number of thioether (sulfide) groups is 1. The van der Waals surface area contributed by atoms with Crippen LogP contribution in [0.15, 0.2) is 0 Å². The largest absolute Gasteiger partial charge is 0.480 e. The summed E-state index contributed by atoms with van der Waals surface area (Å²) in [5.74, 6) is -1.93. The molecule has 5 N–H and O–H groups in total. The first-order valence-corrected chi connectivity index (χ1v) is 10.5. The Morgan fingerprint density at radius 3 is 2.41 bits per heavy atom. The molecule has 0 bridgehead atoms. The predicted molar refractivity (Wildman–Crippen MR) is 103 cm³/mol.